The lowest BCUT2D eigenvalue weighted by molar-refractivity contribution is 0.0696. The molecule has 0 fully saturated rings. The van der Waals surface area contributed by atoms with Crippen LogP contribution in [0.25, 0.3) is 0 Å². The van der Waals surface area contributed by atoms with Crippen molar-refractivity contribution in [2.45, 2.75) is 11.8 Å². The van der Waals surface area contributed by atoms with E-state index in [0.29, 0.717) is 5.56 Å². The third-order valence-corrected chi connectivity index (χ3v) is 4.66. The summed E-state index contributed by atoms with van der Waals surface area (Å²) >= 11 is 0. The van der Waals surface area contributed by atoms with Crippen molar-refractivity contribution in [2.75, 3.05) is 12.3 Å². The van der Waals surface area contributed by atoms with Crippen LogP contribution in [0.15, 0.2) is 23.1 Å². The van der Waals surface area contributed by atoms with Crippen LogP contribution in [-0.2, 0) is 20.0 Å². The first-order chi connectivity index (χ1) is 9.03. The Kier molecular flexibility index (Phi) is 4.86. The Morgan fingerprint density at radius 3 is 2.40 bits per heavy atom. The number of aryl methyl sites for hydroxylation is 1. The van der Waals surface area contributed by atoms with Crippen molar-refractivity contribution < 1.29 is 26.7 Å². The summed E-state index contributed by atoms with van der Waals surface area (Å²) in [5.41, 5.74) is 0.278. The van der Waals surface area contributed by atoms with Crippen molar-refractivity contribution >= 4 is 26.0 Å². The highest BCUT2D eigenvalue weighted by molar-refractivity contribution is 7.90. The first-order valence-corrected chi connectivity index (χ1v) is 8.57. The second kappa shape index (κ2) is 5.87. The zero-order valence-electron chi connectivity index (χ0n) is 10.5. The summed E-state index contributed by atoms with van der Waals surface area (Å²) < 4.78 is 47.2. The molecule has 0 amide bonds. The van der Waals surface area contributed by atoms with E-state index in [1.807, 2.05) is 4.72 Å². The van der Waals surface area contributed by atoms with E-state index in [-0.39, 0.29) is 10.5 Å². The molecule has 0 aliphatic carbocycles. The molecule has 0 atom stereocenters. The average molecular weight is 322 g/mol. The van der Waals surface area contributed by atoms with Crippen LogP contribution >= 0.6 is 0 Å². The normalized spacial score (nSPS) is 12.3. The second-order valence-electron chi connectivity index (χ2n) is 4.05. The van der Waals surface area contributed by atoms with Crippen LogP contribution in [0.4, 0.5) is 0 Å². The highest BCUT2D eigenvalue weighted by Crippen LogP contribution is 2.15. The molecule has 1 aromatic rings. The van der Waals surface area contributed by atoms with Gasteiger partial charge in [-0.05, 0) is 24.6 Å². The highest BCUT2D eigenvalue weighted by atomic mass is 32.2. The average Bonchev–Trinajstić information content (AvgIpc) is 2.26. The zero-order chi connectivity index (χ0) is 15.6. The maximum absolute atomic E-state index is 11.9. The van der Waals surface area contributed by atoms with E-state index in [9.17, 15) is 21.6 Å². The van der Waals surface area contributed by atoms with Gasteiger partial charge in [-0.2, -0.15) is 0 Å². The molecular formula is C10H14N2O6S2. The molecule has 1 rings (SSSR count). The largest absolute Gasteiger partial charge is 0.478 e. The van der Waals surface area contributed by atoms with Gasteiger partial charge in [0.25, 0.3) is 0 Å². The van der Waals surface area contributed by atoms with Gasteiger partial charge in [0.05, 0.1) is 16.2 Å². The van der Waals surface area contributed by atoms with Crippen LogP contribution in [-0.4, -0.2) is 40.2 Å². The van der Waals surface area contributed by atoms with Crippen molar-refractivity contribution in [1.29, 1.82) is 0 Å². The van der Waals surface area contributed by atoms with E-state index in [1.54, 1.807) is 0 Å². The molecule has 0 unspecified atom stereocenters. The second-order valence-corrected chi connectivity index (χ2v) is 7.55. The number of primary sulfonamides is 1. The molecule has 0 bridgehead atoms. The van der Waals surface area contributed by atoms with Gasteiger partial charge in [0.15, 0.2) is 0 Å². The molecular weight excluding hydrogens is 308 g/mol. The van der Waals surface area contributed by atoms with Crippen LogP contribution in [0, 0.1) is 6.92 Å². The van der Waals surface area contributed by atoms with Crippen molar-refractivity contribution in [2.24, 2.45) is 5.14 Å². The molecule has 10 heteroatoms. The molecule has 0 saturated heterocycles. The molecule has 0 spiro atoms. The summed E-state index contributed by atoms with van der Waals surface area (Å²) in [6.45, 7) is 1.14. The Morgan fingerprint density at radius 2 is 1.90 bits per heavy atom. The maximum atomic E-state index is 11.9. The van der Waals surface area contributed by atoms with Gasteiger partial charge < -0.3 is 5.11 Å². The van der Waals surface area contributed by atoms with E-state index < -0.39 is 38.3 Å². The molecule has 0 radical (unpaired) electrons. The molecule has 8 nitrogen and oxygen atoms in total. The summed E-state index contributed by atoms with van der Waals surface area (Å²) in [6, 6.07) is 3.61. The van der Waals surface area contributed by atoms with Gasteiger partial charge in [0.2, 0.25) is 20.0 Å². The monoisotopic (exact) mass is 322 g/mol. The number of nitrogens with two attached hydrogens (primary N) is 1. The Balaban J connectivity index is 2.99. The standard InChI is InChI=1S/C10H14N2O6S2/c1-7-2-3-8(6-9(7)10(13)14)20(17,18)12-4-5-19(11,15)16/h2-3,6,12H,4-5H2,1H3,(H,13,14)(H2,11,15,16). The number of aromatic carboxylic acids is 1. The van der Waals surface area contributed by atoms with Crippen LogP contribution in [0.3, 0.4) is 0 Å². The summed E-state index contributed by atoms with van der Waals surface area (Å²) in [5, 5.41) is 13.7. The van der Waals surface area contributed by atoms with Gasteiger partial charge in [-0.1, -0.05) is 6.07 Å². The van der Waals surface area contributed by atoms with Crippen LogP contribution in [0.1, 0.15) is 15.9 Å². The minimum Gasteiger partial charge on any atom is -0.478 e. The number of sulfonamides is 2. The molecule has 4 N–H and O–H groups in total. The van der Waals surface area contributed by atoms with Crippen LogP contribution in [0.2, 0.25) is 0 Å². The molecule has 112 valence electrons. The number of carbonyl (C=O) groups is 1. The minimum absolute atomic E-state index is 0.140. The molecule has 0 heterocycles. The smallest absolute Gasteiger partial charge is 0.335 e. The maximum Gasteiger partial charge on any atom is 0.335 e. The topological polar surface area (TPSA) is 144 Å². The lowest BCUT2D eigenvalue weighted by Crippen LogP contribution is -2.31. The van der Waals surface area contributed by atoms with E-state index in [4.69, 9.17) is 10.2 Å². The SMILES string of the molecule is Cc1ccc(S(=O)(=O)NCCS(N)(=O)=O)cc1C(=O)O. The van der Waals surface area contributed by atoms with Gasteiger partial charge in [0, 0.05) is 6.54 Å². The van der Waals surface area contributed by atoms with Crippen molar-refractivity contribution in [3.8, 4) is 0 Å². The lowest BCUT2D eigenvalue weighted by atomic mass is 10.1. The zero-order valence-corrected chi connectivity index (χ0v) is 12.2. The van der Waals surface area contributed by atoms with Gasteiger partial charge >= 0.3 is 5.97 Å². The third-order valence-electron chi connectivity index (χ3n) is 2.43. The fourth-order valence-electron chi connectivity index (χ4n) is 1.40. The molecule has 0 aliphatic rings. The van der Waals surface area contributed by atoms with Crippen molar-refractivity contribution in [1.82, 2.24) is 4.72 Å². The number of hydrogen-bond acceptors (Lipinski definition) is 5. The van der Waals surface area contributed by atoms with Gasteiger partial charge in [-0.15, -0.1) is 0 Å². The van der Waals surface area contributed by atoms with Gasteiger partial charge in [0.1, 0.15) is 0 Å². The van der Waals surface area contributed by atoms with E-state index >= 15 is 0 Å². The first kappa shape index (κ1) is 16.6. The summed E-state index contributed by atoms with van der Waals surface area (Å²) in [7, 11) is -7.77. The predicted octanol–water partition coefficient (Wildman–Crippen LogP) is -0.740. The fourth-order valence-corrected chi connectivity index (χ4v) is 2.97. The van der Waals surface area contributed by atoms with Gasteiger partial charge in [-0.3, -0.25) is 0 Å². The first-order valence-electron chi connectivity index (χ1n) is 5.37. The molecule has 0 saturated carbocycles. The Hall–Kier alpha value is -1.49. The third kappa shape index (κ3) is 4.56. The van der Waals surface area contributed by atoms with E-state index in [2.05, 4.69) is 0 Å². The van der Waals surface area contributed by atoms with Crippen LogP contribution in [0.5, 0.6) is 0 Å². The lowest BCUT2D eigenvalue weighted by Gasteiger charge is -2.08. The van der Waals surface area contributed by atoms with Crippen LogP contribution < -0.4 is 9.86 Å². The molecule has 0 aromatic heterocycles. The number of rotatable bonds is 6. The molecule has 0 aliphatic heterocycles. The highest BCUT2D eigenvalue weighted by Gasteiger charge is 2.18. The Morgan fingerprint density at radius 1 is 1.30 bits per heavy atom. The number of carboxylic acid groups (broad SMARTS) is 1. The number of hydrogen-bond donors (Lipinski definition) is 3. The van der Waals surface area contributed by atoms with E-state index in [1.165, 1.54) is 19.1 Å². The Labute approximate surface area is 116 Å². The molecule has 1 aromatic carbocycles. The Bertz CT molecular complexity index is 724. The van der Waals surface area contributed by atoms with Crippen molar-refractivity contribution in [3.63, 3.8) is 0 Å². The summed E-state index contributed by atoms with van der Waals surface area (Å²) in [6.07, 6.45) is 0. The summed E-state index contributed by atoms with van der Waals surface area (Å²) in [4.78, 5) is 10.7. The number of carboxylic acids is 1. The number of nitrogens with one attached hydrogen (secondary N) is 1. The van der Waals surface area contributed by atoms with Crippen molar-refractivity contribution in [3.05, 3.63) is 29.3 Å². The van der Waals surface area contributed by atoms with Gasteiger partial charge in [-0.25, -0.2) is 31.5 Å². The molecule has 20 heavy (non-hydrogen) atoms. The predicted molar refractivity (Wildman–Crippen MR) is 71.3 cm³/mol. The van der Waals surface area contributed by atoms with E-state index in [0.717, 1.165) is 6.07 Å². The minimum atomic E-state index is -3.99. The summed E-state index contributed by atoms with van der Waals surface area (Å²) in [5.74, 6) is -1.80. The fraction of sp³-hybridized carbons (Fsp3) is 0.300. The number of benzene rings is 1. The quantitative estimate of drug-likeness (QED) is 0.629.